The zero-order valence-electron chi connectivity index (χ0n) is 13.8. The zero-order chi connectivity index (χ0) is 19.8. The molecule has 11 heteroatoms. The molecular weight excluding hydrogens is 399 g/mol. The Morgan fingerprint density at radius 2 is 2.26 bits per heavy atom. The second kappa shape index (κ2) is 7.13. The largest absolute Gasteiger partial charge is 0.471 e. The normalized spacial score (nSPS) is 11.5. The van der Waals surface area contributed by atoms with Crippen LogP contribution in [-0.2, 0) is 11.3 Å². The molecule has 0 aliphatic heterocycles. The molecule has 0 unspecified atom stereocenters. The number of rotatable bonds is 4. The monoisotopic (exact) mass is 411 g/mol. The van der Waals surface area contributed by atoms with Gasteiger partial charge in [-0.05, 0) is 23.9 Å². The highest BCUT2D eigenvalue weighted by Crippen LogP contribution is 2.42. The molecule has 0 bridgehead atoms. The van der Waals surface area contributed by atoms with E-state index < -0.39 is 12.1 Å². The number of aromatic nitrogens is 3. The van der Waals surface area contributed by atoms with Gasteiger partial charge in [-0.15, -0.1) is 11.3 Å². The number of nitrogens with one attached hydrogen (secondary N) is 2. The summed E-state index contributed by atoms with van der Waals surface area (Å²) in [5, 5.41) is 3.71. The summed E-state index contributed by atoms with van der Waals surface area (Å²) in [4.78, 5) is 22.4. The lowest BCUT2D eigenvalue weighted by Crippen LogP contribution is -2.38. The van der Waals surface area contributed by atoms with Gasteiger partial charge < -0.3 is 14.9 Å². The van der Waals surface area contributed by atoms with Crippen molar-refractivity contribution in [3.8, 4) is 10.6 Å². The Hall–Kier alpha value is -2.71. The lowest BCUT2D eigenvalue weighted by atomic mass is 10.2. The van der Waals surface area contributed by atoms with Crippen LogP contribution in [0.2, 0.25) is 0 Å². The summed E-state index contributed by atoms with van der Waals surface area (Å²) in [6.45, 7) is 9.18. The van der Waals surface area contributed by atoms with E-state index in [1.54, 1.807) is 4.57 Å². The predicted octanol–water partition coefficient (Wildman–Crippen LogP) is 4.36. The van der Waals surface area contributed by atoms with Gasteiger partial charge in [-0.25, -0.2) is 9.83 Å². The molecule has 0 aromatic carbocycles. The summed E-state index contributed by atoms with van der Waals surface area (Å²) in [5.41, 5.74) is 2.69. The van der Waals surface area contributed by atoms with Gasteiger partial charge in [0.15, 0.2) is 4.64 Å². The van der Waals surface area contributed by atoms with E-state index >= 15 is 0 Å². The van der Waals surface area contributed by atoms with Crippen molar-refractivity contribution in [2.75, 3.05) is 6.54 Å². The number of aromatic amines is 1. The van der Waals surface area contributed by atoms with Gasteiger partial charge >= 0.3 is 12.1 Å². The average molecular weight is 411 g/mol. The Morgan fingerprint density at radius 3 is 2.85 bits per heavy atom. The zero-order valence-corrected chi connectivity index (χ0v) is 15.5. The highest BCUT2D eigenvalue weighted by atomic mass is 32.1. The number of H-pyrrole nitrogens is 1. The number of carbonyl (C=O) groups is 1. The molecule has 140 valence electrons. The van der Waals surface area contributed by atoms with Gasteiger partial charge in [0.1, 0.15) is 0 Å². The summed E-state index contributed by atoms with van der Waals surface area (Å²) in [6.07, 6.45) is -3.58. The van der Waals surface area contributed by atoms with Gasteiger partial charge in [0, 0.05) is 18.0 Å². The van der Waals surface area contributed by atoms with Crippen molar-refractivity contribution in [2.45, 2.75) is 19.6 Å². The molecule has 0 radical (unpaired) electrons. The fraction of sp³-hybridized carbons (Fsp3) is 0.250. The Labute approximate surface area is 160 Å². The quantitative estimate of drug-likeness (QED) is 0.495. The SMILES string of the molecule is [C-]#[N+]c1c(-c2sccc2C)n(CCNC(=O)C(F)(F)F)c2c(=S)nc[nH]c12. The number of aryl methyl sites for hydroxylation is 1. The van der Waals surface area contributed by atoms with Crippen LogP contribution in [0.1, 0.15) is 5.56 Å². The summed E-state index contributed by atoms with van der Waals surface area (Å²) in [7, 11) is 0. The molecule has 0 fully saturated rings. The first-order valence-corrected chi connectivity index (χ1v) is 8.91. The van der Waals surface area contributed by atoms with Crippen molar-refractivity contribution in [3.05, 3.63) is 39.4 Å². The number of fused-ring (bicyclic) bond motifs is 1. The Bertz CT molecular complexity index is 1120. The number of carbonyl (C=O) groups excluding carboxylic acids is 1. The van der Waals surface area contributed by atoms with Crippen LogP contribution in [0.3, 0.4) is 0 Å². The molecule has 0 aliphatic rings. The lowest BCUT2D eigenvalue weighted by molar-refractivity contribution is -0.173. The molecule has 0 atom stereocenters. The second-order valence-corrected chi connectivity index (χ2v) is 6.88. The van der Waals surface area contributed by atoms with Crippen LogP contribution in [0, 0.1) is 18.1 Å². The lowest BCUT2D eigenvalue weighted by Gasteiger charge is -2.13. The van der Waals surface area contributed by atoms with E-state index in [2.05, 4.69) is 14.8 Å². The van der Waals surface area contributed by atoms with E-state index in [9.17, 15) is 18.0 Å². The van der Waals surface area contributed by atoms with Crippen LogP contribution in [0.4, 0.5) is 18.9 Å². The van der Waals surface area contributed by atoms with Crippen molar-refractivity contribution >= 4 is 46.2 Å². The van der Waals surface area contributed by atoms with Crippen molar-refractivity contribution in [1.82, 2.24) is 19.9 Å². The molecule has 27 heavy (non-hydrogen) atoms. The Balaban J connectivity index is 2.13. The molecule has 0 spiro atoms. The molecular formula is C16H12F3N5OS2. The average Bonchev–Trinajstić information content (AvgIpc) is 3.15. The minimum absolute atomic E-state index is 0.00366. The molecule has 3 heterocycles. The molecule has 3 aromatic rings. The maximum absolute atomic E-state index is 12.4. The van der Waals surface area contributed by atoms with E-state index in [1.807, 2.05) is 23.7 Å². The van der Waals surface area contributed by atoms with Gasteiger partial charge in [0.25, 0.3) is 0 Å². The molecule has 0 saturated heterocycles. The van der Waals surface area contributed by atoms with E-state index in [4.69, 9.17) is 18.8 Å². The third kappa shape index (κ3) is 3.45. The first-order valence-electron chi connectivity index (χ1n) is 7.62. The minimum Gasteiger partial charge on any atom is -0.354 e. The summed E-state index contributed by atoms with van der Waals surface area (Å²) in [6, 6.07) is 1.89. The van der Waals surface area contributed by atoms with E-state index in [1.165, 1.54) is 17.7 Å². The van der Waals surface area contributed by atoms with Crippen LogP contribution in [0.5, 0.6) is 0 Å². The van der Waals surface area contributed by atoms with Gasteiger partial charge in [-0.2, -0.15) is 13.2 Å². The van der Waals surface area contributed by atoms with Crippen LogP contribution in [0.25, 0.3) is 26.4 Å². The third-order valence-corrected chi connectivity index (χ3v) is 5.22. The maximum atomic E-state index is 12.4. The fourth-order valence-corrected chi connectivity index (χ4v) is 3.99. The number of hydrogen-bond donors (Lipinski definition) is 2. The molecule has 0 aliphatic carbocycles. The summed E-state index contributed by atoms with van der Waals surface area (Å²) < 4.78 is 39.1. The number of hydrogen-bond acceptors (Lipinski definition) is 4. The van der Waals surface area contributed by atoms with Gasteiger partial charge in [-0.1, -0.05) is 12.2 Å². The first-order chi connectivity index (χ1) is 12.8. The topological polar surface area (TPSA) is 67.1 Å². The molecule has 1 amide bonds. The van der Waals surface area contributed by atoms with Gasteiger partial charge in [0.05, 0.1) is 29.6 Å². The third-order valence-electron chi connectivity index (χ3n) is 3.90. The van der Waals surface area contributed by atoms with Crippen molar-refractivity contribution in [3.63, 3.8) is 0 Å². The number of thiophene rings is 1. The molecule has 0 saturated carbocycles. The molecule has 2 N–H and O–H groups in total. The van der Waals surface area contributed by atoms with E-state index in [-0.39, 0.29) is 17.7 Å². The van der Waals surface area contributed by atoms with Crippen molar-refractivity contribution in [2.24, 2.45) is 0 Å². The number of nitrogens with zero attached hydrogens (tertiary/aromatic N) is 3. The van der Waals surface area contributed by atoms with Gasteiger partial charge in [-0.3, -0.25) is 4.79 Å². The predicted molar refractivity (Wildman–Crippen MR) is 98.3 cm³/mol. The molecule has 6 nitrogen and oxygen atoms in total. The van der Waals surface area contributed by atoms with Crippen molar-refractivity contribution in [1.29, 1.82) is 0 Å². The highest BCUT2D eigenvalue weighted by Gasteiger charge is 2.38. The number of amides is 1. The first kappa shape index (κ1) is 19.1. The van der Waals surface area contributed by atoms with E-state index in [0.717, 1.165) is 10.4 Å². The van der Waals surface area contributed by atoms with Crippen molar-refractivity contribution < 1.29 is 18.0 Å². The standard InChI is InChI=1S/C16H12F3N5OS2/c1-8-3-6-27-13(8)11-9(20-2)10-12(14(26)23-7-22-10)24(11)5-4-21-15(25)16(17,18)19/h3,6-7H,4-5H2,1H3,(H,21,25)(H,22,23,26). The van der Waals surface area contributed by atoms with Crippen LogP contribution < -0.4 is 5.32 Å². The second-order valence-electron chi connectivity index (χ2n) is 5.58. The Morgan fingerprint density at radius 1 is 1.52 bits per heavy atom. The molecule has 3 aromatic heterocycles. The summed E-state index contributed by atoms with van der Waals surface area (Å²) >= 11 is 6.68. The Kier molecular flexibility index (Phi) is 5.03. The number of alkyl halides is 3. The van der Waals surface area contributed by atoms with Crippen LogP contribution in [-0.4, -0.2) is 33.2 Å². The maximum Gasteiger partial charge on any atom is 0.471 e. The highest BCUT2D eigenvalue weighted by molar-refractivity contribution is 7.71. The van der Waals surface area contributed by atoms with Crippen LogP contribution in [0.15, 0.2) is 17.8 Å². The number of halogens is 3. The molecule has 3 rings (SSSR count). The summed E-state index contributed by atoms with van der Waals surface area (Å²) in [5.74, 6) is -2.01. The van der Waals surface area contributed by atoms with Crippen LogP contribution >= 0.6 is 23.6 Å². The van der Waals surface area contributed by atoms with Gasteiger partial charge in [0.2, 0.25) is 5.69 Å². The minimum atomic E-state index is -4.95. The fourth-order valence-electron chi connectivity index (χ4n) is 2.74. The van der Waals surface area contributed by atoms with E-state index in [0.29, 0.717) is 22.4 Å². The smallest absolute Gasteiger partial charge is 0.354 e.